The standard InChI is InChI=1S/C15H15ClN2O3S/c1-15(2,3)21-14(20)18-13-11(8-19)17-12(22-13)9-6-4-5-7-10(9)16/h4-8H,1-3H3,(H,18,20). The van der Waals surface area contributed by atoms with Gasteiger partial charge in [0.1, 0.15) is 21.3 Å². The predicted molar refractivity (Wildman–Crippen MR) is 87.8 cm³/mol. The molecule has 2 rings (SSSR count). The number of carbonyl (C=O) groups excluding carboxylic acids is 2. The van der Waals surface area contributed by atoms with E-state index in [0.717, 1.165) is 0 Å². The summed E-state index contributed by atoms with van der Waals surface area (Å²) in [6.07, 6.45) is -0.0474. The van der Waals surface area contributed by atoms with Crippen LogP contribution in [0.5, 0.6) is 0 Å². The zero-order valence-corrected chi connectivity index (χ0v) is 13.9. The summed E-state index contributed by atoms with van der Waals surface area (Å²) in [5.41, 5.74) is 0.224. The van der Waals surface area contributed by atoms with Crippen LogP contribution in [0.4, 0.5) is 9.80 Å². The van der Waals surface area contributed by atoms with Crippen LogP contribution in [0.1, 0.15) is 31.3 Å². The maximum atomic E-state index is 11.8. The molecule has 0 saturated heterocycles. The SMILES string of the molecule is CC(C)(C)OC(=O)Nc1sc(-c2ccccc2Cl)nc1C=O. The van der Waals surface area contributed by atoms with Crippen LogP contribution in [0.15, 0.2) is 24.3 Å². The van der Waals surface area contributed by atoms with E-state index >= 15 is 0 Å². The highest BCUT2D eigenvalue weighted by atomic mass is 35.5. The molecule has 0 unspecified atom stereocenters. The van der Waals surface area contributed by atoms with Crippen molar-refractivity contribution in [3.63, 3.8) is 0 Å². The fourth-order valence-corrected chi connectivity index (χ4v) is 2.89. The molecule has 0 atom stereocenters. The third kappa shape index (κ3) is 4.05. The molecule has 1 N–H and O–H groups in total. The van der Waals surface area contributed by atoms with Crippen LogP contribution in [0.25, 0.3) is 10.6 Å². The predicted octanol–water partition coefficient (Wildman–Crippen LogP) is 4.62. The van der Waals surface area contributed by atoms with Gasteiger partial charge in [-0.2, -0.15) is 0 Å². The summed E-state index contributed by atoms with van der Waals surface area (Å²) in [5.74, 6) is 0. The molecule has 2 aromatic rings. The molecule has 0 aliphatic carbocycles. The van der Waals surface area contributed by atoms with Gasteiger partial charge in [-0.3, -0.25) is 10.1 Å². The number of rotatable bonds is 3. The molecule has 22 heavy (non-hydrogen) atoms. The van der Waals surface area contributed by atoms with Crippen LogP contribution in [-0.2, 0) is 4.74 Å². The second-order valence-electron chi connectivity index (χ2n) is 5.46. The minimum absolute atomic E-state index is 0.144. The van der Waals surface area contributed by atoms with Gasteiger partial charge in [0.2, 0.25) is 0 Å². The average Bonchev–Trinajstić information content (AvgIpc) is 2.79. The third-order valence-corrected chi connectivity index (χ3v) is 3.83. The van der Waals surface area contributed by atoms with Gasteiger partial charge in [0, 0.05) is 5.56 Å². The van der Waals surface area contributed by atoms with Crippen LogP contribution in [0.2, 0.25) is 5.02 Å². The van der Waals surface area contributed by atoms with E-state index in [1.165, 1.54) is 11.3 Å². The first-order valence-electron chi connectivity index (χ1n) is 6.51. The third-order valence-electron chi connectivity index (χ3n) is 2.48. The Morgan fingerprint density at radius 2 is 2.05 bits per heavy atom. The molecular weight excluding hydrogens is 324 g/mol. The van der Waals surface area contributed by atoms with E-state index < -0.39 is 11.7 Å². The lowest BCUT2D eigenvalue weighted by atomic mass is 10.2. The number of hydrogen-bond acceptors (Lipinski definition) is 5. The highest BCUT2D eigenvalue weighted by molar-refractivity contribution is 7.19. The van der Waals surface area contributed by atoms with Gasteiger partial charge in [0.05, 0.1) is 5.02 Å². The Hall–Kier alpha value is -1.92. The van der Waals surface area contributed by atoms with Crippen molar-refractivity contribution in [2.24, 2.45) is 0 Å². The molecule has 0 spiro atoms. The molecule has 0 bridgehead atoms. The summed E-state index contributed by atoms with van der Waals surface area (Å²) in [6.45, 7) is 5.28. The van der Waals surface area contributed by atoms with Gasteiger partial charge in [-0.15, -0.1) is 0 Å². The van der Waals surface area contributed by atoms with Crippen molar-refractivity contribution in [1.82, 2.24) is 4.98 Å². The van der Waals surface area contributed by atoms with Gasteiger partial charge < -0.3 is 4.74 Å². The van der Waals surface area contributed by atoms with Crippen molar-refractivity contribution in [2.45, 2.75) is 26.4 Å². The molecule has 1 aromatic carbocycles. The minimum atomic E-state index is -0.634. The van der Waals surface area contributed by atoms with Crippen molar-refractivity contribution in [3.8, 4) is 10.6 Å². The van der Waals surface area contributed by atoms with Crippen LogP contribution >= 0.6 is 22.9 Å². The van der Waals surface area contributed by atoms with Crippen molar-refractivity contribution in [1.29, 1.82) is 0 Å². The Balaban J connectivity index is 2.28. The van der Waals surface area contributed by atoms with Crippen molar-refractivity contribution in [3.05, 3.63) is 35.0 Å². The molecule has 1 aromatic heterocycles. The van der Waals surface area contributed by atoms with E-state index in [0.29, 0.717) is 26.9 Å². The Kier molecular flexibility index (Phi) is 4.83. The highest BCUT2D eigenvalue weighted by Gasteiger charge is 2.20. The quantitative estimate of drug-likeness (QED) is 0.829. The fourth-order valence-electron chi connectivity index (χ4n) is 1.65. The monoisotopic (exact) mass is 338 g/mol. The smallest absolute Gasteiger partial charge is 0.412 e. The lowest BCUT2D eigenvalue weighted by Gasteiger charge is -2.19. The molecule has 7 heteroatoms. The number of amides is 1. The first-order valence-corrected chi connectivity index (χ1v) is 7.70. The molecule has 0 aliphatic rings. The van der Waals surface area contributed by atoms with Gasteiger partial charge in [0.15, 0.2) is 6.29 Å². The Bertz CT molecular complexity index is 707. The highest BCUT2D eigenvalue weighted by Crippen LogP contribution is 2.35. The average molecular weight is 339 g/mol. The van der Waals surface area contributed by atoms with Crippen molar-refractivity contribution in [2.75, 3.05) is 5.32 Å². The Morgan fingerprint density at radius 1 is 1.36 bits per heavy atom. The lowest BCUT2D eigenvalue weighted by Crippen LogP contribution is -2.27. The maximum absolute atomic E-state index is 11.8. The summed E-state index contributed by atoms with van der Waals surface area (Å²) in [7, 11) is 0. The van der Waals surface area contributed by atoms with E-state index in [4.69, 9.17) is 16.3 Å². The van der Waals surface area contributed by atoms with Crippen molar-refractivity contribution < 1.29 is 14.3 Å². The largest absolute Gasteiger partial charge is 0.444 e. The molecular formula is C15H15ClN2O3S. The number of nitrogens with one attached hydrogen (secondary N) is 1. The summed E-state index contributed by atoms with van der Waals surface area (Å²) in [6, 6.07) is 7.16. The molecule has 116 valence electrons. The van der Waals surface area contributed by atoms with Crippen LogP contribution in [0.3, 0.4) is 0 Å². The van der Waals surface area contributed by atoms with E-state index in [-0.39, 0.29) is 5.69 Å². The number of ether oxygens (including phenoxy) is 1. The molecule has 1 amide bonds. The summed E-state index contributed by atoms with van der Waals surface area (Å²) in [4.78, 5) is 27.2. The number of nitrogens with zero attached hydrogens (tertiary/aromatic N) is 1. The molecule has 0 fully saturated rings. The van der Waals surface area contributed by atoms with Gasteiger partial charge in [-0.05, 0) is 26.8 Å². The van der Waals surface area contributed by atoms with Gasteiger partial charge >= 0.3 is 6.09 Å². The molecule has 0 saturated carbocycles. The Morgan fingerprint density at radius 3 is 2.64 bits per heavy atom. The first kappa shape index (κ1) is 16.5. The van der Waals surface area contributed by atoms with Crippen molar-refractivity contribution >= 4 is 40.3 Å². The lowest BCUT2D eigenvalue weighted by molar-refractivity contribution is 0.0636. The number of benzene rings is 1. The van der Waals surface area contributed by atoms with E-state index in [1.54, 1.807) is 39.0 Å². The van der Waals surface area contributed by atoms with E-state index in [2.05, 4.69) is 10.3 Å². The number of hydrogen-bond donors (Lipinski definition) is 1. The summed E-state index contributed by atoms with van der Waals surface area (Å²) in [5, 5.41) is 3.96. The normalized spacial score (nSPS) is 11.1. The van der Waals surface area contributed by atoms with Crippen LogP contribution in [0, 0.1) is 0 Å². The number of aldehydes is 1. The topological polar surface area (TPSA) is 68.3 Å². The van der Waals surface area contributed by atoms with Gasteiger partial charge in [0.25, 0.3) is 0 Å². The summed E-state index contributed by atoms with van der Waals surface area (Å²) < 4.78 is 5.17. The number of aromatic nitrogens is 1. The second kappa shape index (κ2) is 6.46. The zero-order valence-electron chi connectivity index (χ0n) is 12.3. The number of carbonyl (C=O) groups is 2. The number of halogens is 1. The molecule has 1 heterocycles. The Labute approximate surface area is 137 Å². The number of anilines is 1. The zero-order chi connectivity index (χ0) is 16.3. The maximum Gasteiger partial charge on any atom is 0.412 e. The van der Waals surface area contributed by atoms with E-state index in [9.17, 15) is 9.59 Å². The summed E-state index contributed by atoms with van der Waals surface area (Å²) >= 11 is 7.29. The number of thiazole rings is 1. The first-order chi connectivity index (χ1) is 10.3. The van der Waals surface area contributed by atoms with Crippen LogP contribution in [-0.4, -0.2) is 23.0 Å². The second-order valence-corrected chi connectivity index (χ2v) is 6.86. The minimum Gasteiger partial charge on any atom is -0.444 e. The molecule has 0 radical (unpaired) electrons. The van der Waals surface area contributed by atoms with Gasteiger partial charge in [-0.25, -0.2) is 9.78 Å². The molecule has 0 aliphatic heterocycles. The molecule has 5 nitrogen and oxygen atoms in total. The fraction of sp³-hybridized carbons (Fsp3) is 0.267. The van der Waals surface area contributed by atoms with Gasteiger partial charge in [-0.1, -0.05) is 41.1 Å². The van der Waals surface area contributed by atoms with E-state index in [1.807, 2.05) is 6.07 Å². The van der Waals surface area contributed by atoms with Crippen LogP contribution < -0.4 is 5.32 Å².